The number of likely N-dealkylation sites (tertiary alicyclic amines) is 1. The molecule has 1 aromatic rings. The Bertz CT molecular complexity index is 433. The molecular weight excluding hydrogens is 350 g/mol. The van der Waals surface area contributed by atoms with Crippen LogP contribution in [0.3, 0.4) is 0 Å². The van der Waals surface area contributed by atoms with Crippen molar-refractivity contribution in [2.45, 2.75) is 25.7 Å². The van der Waals surface area contributed by atoms with E-state index in [1.165, 1.54) is 38.8 Å². The topological polar surface area (TPSA) is 45.2 Å². The highest BCUT2D eigenvalue weighted by molar-refractivity contribution is 9.10. The van der Waals surface area contributed by atoms with E-state index in [9.17, 15) is 4.79 Å². The van der Waals surface area contributed by atoms with Gasteiger partial charge in [0.15, 0.2) is 0 Å². The van der Waals surface area contributed by atoms with Crippen LogP contribution in [0.4, 0.5) is 5.82 Å². The van der Waals surface area contributed by atoms with Gasteiger partial charge in [-0.05, 0) is 54.0 Å². The van der Waals surface area contributed by atoms with Crippen molar-refractivity contribution >= 4 is 39.4 Å². The van der Waals surface area contributed by atoms with Crippen molar-refractivity contribution in [3.05, 3.63) is 22.8 Å². The zero-order chi connectivity index (χ0) is 14.9. The highest BCUT2D eigenvalue weighted by Crippen LogP contribution is 2.12. The molecule has 0 radical (unpaired) electrons. The highest BCUT2D eigenvalue weighted by Gasteiger charge is 2.09. The molecule has 2 rings (SSSR count). The van der Waals surface area contributed by atoms with Gasteiger partial charge >= 0.3 is 0 Å². The lowest BCUT2D eigenvalue weighted by atomic mass is 10.2. The summed E-state index contributed by atoms with van der Waals surface area (Å²) in [6, 6.07) is 3.67. The number of amides is 1. The van der Waals surface area contributed by atoms with Gasteiger partial charge in [0, 0.05) is 23.0 Å². The second-order valence-corrected chi connectivity index (χ2v) is 7.24. The van der Waals surface area contributed by atoms with Crippen molar-refractivity contribution < 1.29 is 4.79 Å². The summed E-state index contributed by atoms with van der Waals surface area (Å²) in [6.45, 7) is 3.53. The molecule has 21 heavy (non-hydrogen) atoms. The average molecular weight is 372 g/mol. The fourth-order valence-corrected chi connectivity index (χ4v) is 3.37. The Morgan fingerprint density at radius 2 is 2.05 bits per heavy atom. The van der Waals surface area contributed by atoms with Crippen LogP contribution in [0, 0.1) is 0 Å². The summed E-state index contributed by atoms with van der Waals surface area (Å²) >= 11 is 5.02. The number of carbonyl (C=O) groups is 1. The minimum Gasteiger partial charge on any atom is -0.310 e. The SMILES string of the molecule is O=C(CSCCN1CCCCCC1)Nc1ccc(Br)cn1. The van der Waals surface area contributed by atoms with Crippen molar-refractivity contribution in [1.29, 1.82) is 0 Å². The minimum atomic E-state index is 0.0192. The van der Waals surface area contributed by atoms with Crippen LogP contribution >= 0.6 is 27.7 Å². The van der Waals surface area contributed by atoms with E-state index in [0.29, 0.717) is 11.6 Å². The molecule has 1 aliphatic rings. The molecule has 116 valence electrons. The Balaban J connectivity index is 1.59. The standard InChI is InChI=1S/C15H22BrN3OS/c16-13-5-6-14(17-11-13)18-15(20)12-21-10-9-19-7-3-1-2-4-8-19/h5-6,11H,1-4,7-10,12H2,(H,17,18,20). The first-order valence-electron chi connectivity index (χ1n) is 7.45. The van der Waals surface area contributed by atoms with Gasteiger partial charge in [-0.15, -0.1) is 0 Å². The minimum absolute atomic E-state index is 0.0192. The zero-order valence-electron chi connectivity index (χ0n) is 12.2. The van der Waals surface area contributed by atoms with Gasteiger partial charge in [0.1, 0.15) is 5.82 Å². The van der Waals surface area contributed by atoms with Gasteiger partial charge in [-0.25, -0.2) is 4.98 Å². The fraction of sp³-hybridized carbons (Fsp3) is 0.600. The molecule has 1 amide bonds. The van der Waals surface area contributed by atoms with Crippen LogP contribution in [0.2, 0.25) is 0 Å². The zero-order valence-corrected chi connectivity index (χ0v) is 14.6. The molecule has 6 heteroatoms. The van der Waals surface area contributed by atoms with E-state index in [1.807, 2.05) is 6.07 Å². The summed E-state index contributed by atoms with van der Waals surface area (Å²) in [5, 5.41) is 2.81. The molecule has 0 atom stereocenters. The summed E-state index contributed by atoms with van der Waals surface area (Å²) in [4.78, 5) is 18.5. The van der Waals surface area contributed by atoms with Gasteiger partial charge in [0.2, 0.25) is 5.91 Å². The molecule has 1 aliphatic heterocycles. The van der Waals surface area contributed by atoms with E-state index in [-0.39, 0.29) is 5.91 Å². The predicted molar refractivity (Wildman–Crippen MR) is 92.8 cm³/mol. The van der Waals surface area contributed by atoms with Gasteiger partial charge in [-0.3, -0.25) is 4.79 Å². The van der Waals surface area contributed by atoms with Crippen molar-refractivity contribution in [1.82, 2.24) is 9.88 Å². The quantitative estimate of drug-likeness (QED) is 0.778. The molecule has 1 N–H and O–H groups in total. The maximum Gasteiger partial charge on any atom is 0.235 e. The van der Waals surface area contributed by atoms with Crippen LogP contribution in [-0.4, -0.2) is 46.9 Å². The number of aromatic nitrogens is 1. The summed E-state index contributed by atoms with van der Waals surface area (Å²) in [5.74, 6) is 2.13. The molecule has 0 spiro atoms. The molecule has 1 aromatic heterocycles. The number of halogens is 1. The Morgan fingerprint density at radius 1 is 1.29 bits per heavy atom. The van der Waals surface area contributed by atoms with E-state index in [1.54, 1.807) is 24.0 Å². The van der Waals surface area contributed by atoms with Gasteiger partial charge in [0.05, 0.1) is 5.75 Å². The van der Waals surface area contributed by atoms with Crippen LogP contribution in [-0.2, 0) is 4.79 Å². The van der Waals surface area contributed by atoms with Crippen LogP contribution < -0.4 is 5.32 Å². The third kappa shape index (κ3) is 6.80. The summed E-state index contributed by atoms with van der Waals surface area (Å²) in [6.07, 6.45) is 7.06. The van der Waals surface area contributed by atoms with Crippen molar-refractivity contribution in [3.8, 4) is 0 Å². The van der Waals surface area contributed by atoms with E-state index < -0.39 is 0 Å². The number of pyridine rings is 1. The lowest BCUT2D eigenvalue weighted by molar-refractivity contribution is -0.113. The Hall–Kier alpha value is -0.590. The number of hydrogen-bond donors (Lipinski definition) is 1. The lowest BCUT2D eigenvalue weighted by Crippen LogP contribution is -2.27. The first-order valence-corrected chi connectivity index (χ1v) is 9.40. The predicted octanol–water partition coefficient (Wildman–Crippen LogP) is 3.39. The monoisotopic (exact) mass is 371 g/mol. The molecule has 1 saturated heterocycles. The molecule has 0 aliphatic carbocycles. The highest BCUT2D eigenvalue weighted by atomic mass is 79.9. The Morgan fingerprint density at radius 3 is 2.71 bits per heavy atom. The maximum atomic E-state index is 11.8. The summed E-state index contributed by atoms with van der Waals surface area (Å²) < 4.78 is 0.910. The Kier molecular flexibility index (Phi) is 7.53. The fourth-order valence-electron chi connectivity index (χ4n) is 2.35. The normalized spacial score (nSPS) is 16.4. The molecule has 0 bridgehead atoms. The molecule has 0 saturated carbocycles. The molecule has 2 heterocycles. The third-order valence-corrected chi connectivity index (χ3v) is 4.89. The molecule has 4 nitrogen and oxygen atoms in total. The number of thioether (sulfide) groups is 1. The van der Waals surface area contributed by atoms with E-state index in [2.05, 4.69) is 31.1 Å². The molecule has 0 aromatic carbocycles. The van der Waals surface area contributed by atoms with Crippen molar-refractivity contribution in [3.63, 3.8) is 0 Å². The maximum absolute atomic E-state index is 11.8. The number of rotatable bonds is 6. The van der Waals surface area contributed by atoms with Crippen LogP contribution in [0.5, 0.6) is 0 Å². The molecule has 1 fully saturated rings. The first kappa shape index (κ1) is 16.8. The number of carbonyl (C=O) groups excluding carboxylic acids is 1. The number of nitrogens with zero attached hydrogens (tertiary/aromatic N) is 2. The number of hydrogen-bond acceptors (Lipinski definition) is 4. The molecular formula is C15H22BrN3OS. The van der Waals surface area contributed by atoms with Crippen molar-refractivity contribution in [2.24, 2.45) is 0 Å². The van der Waals surface area contributed by atoms with E-state index in [0.717, 1.165) is 16.8 Å². The first-order chi connectivity index (χ1) is 10.2. The smallest absolute Gasteiger partial charge is 0.235 e. The van der Waals surface area contributed by atoms with Crippen molar-refractivity contribution in [2.75, 3.05) is 36.5 Å². The van der Waals surface area contributed by atoms with Gasteiger partial charge in [-0.1, -0.05) is 12.8 Å². The number of nitrogens with one attached hydrogen (secondary N) is 1. The second kappa shape index (κ2) is 9.43. The summed E-state index contributed by atoms with van der Waals surface area (Å²) in [5.41, 5.74) is 0. The lowest BCUT2D eigenvalue weighted by Gasteiger charge is -2.19. The second-order valence-electron chi connectivity index (χ2n) is 5.22. The van der Waals surface area contributed by atoms with Crippen LogP contribution in [0.15, 0.2) is 22.8 Å². The van der Waals surface area contributed by atoms with Gasteiger partial charge in [0.25, 0.3) is 0 Å². The Labute approximate surface area is 139 Å². The number of anilines is 1. The largest absolute Gasteiger partial charge is 0.310 e. The van der Waals surface area contributed by atoms with Gasteiger partial charge < -0.3 is 10.2 Å². The average Bonchev–Trinajstić information content (AvgIpc) is 2.75. The summed E-state index contributed by atoms with van der Waals surface area (Å²) in [7, 11) is 0. The van der Waals surface area contributed by atoms with Crippen LogP contribution in [0.25, 0.3) is 0 Å². The van der Waals surface area contributed by atoms with Crippen LogP contribution in [0.1, 0.15) is 25.7 Å². The molecule has 0 unspecified atom stereocenters. The van der Waals surface area contributed by atoms with E-state index >= 15 is 0 Å². The van der Waals surface area contributed by atoms with E-state index in [4.69, 9.17) is 0 Å². The van der Waals surface area contributed by atoms with Gasteiger partial charge in [-0.2, -0.15) is 11.8 Å². The third-order valence-electron chi connectivity index (χ3n) is 3.48.